The molecule has 6 nitrogen and oxygen atoms in total. The zero-order chi connectivity index (χ0) is 18.4. The van der Waals surface area contributed by atoms with Gasteiger partial charge in [-0.1, -0.05) is 54.2 Å². The summed E-state index contributed by atoms with van der Waals surface area (Å²) in [6.07, 6.45) is 0. The fourth-order valence-electron chi connectivity index (χ4n) is 2.31. The standard InChI is InChI=1S/C19H19N3O3S/c1-22-18(12-25-17-11-7-6-10-16(17)24-2)20-21-19(22)26-13-15(23)14-8-4-3-5-9-14/h3-11H,12-13H2,1-2H3. The molecular formula is C19H19N3O3S. The molecule has 0 fully saturated rings. The van der Waals surface area contributed by atoms with Crippen LogP contribution in [0, 0.1) is 0 Å². The van der Waals surface area contributed by atoms with Gasteiger partial charge in [0.2, 0.25) is 0 Å². The Kier molecular flexibility index (Phi) is 5.91. The summed E-state index contributed by atoms with van der Waals surface area (Å²) >= 11 is 1.36. The van der Waals surface area contributed by atoms with Crippen molar-refractivity contribution in [2.45, 2.75) is 11.8 Å². The number of nitrogens with zero attached hydrogens (tertiary/aromatic N) is 3. The van der Waals surface area contributed by atoms with E-state index in [0.717, 1.165) is 0 Å². The van der Waals surface area contributed by atoms with Gasteiger partial charge in [-0.25, -0.2) is 0 Å². The third-order valence-corrected chi connectivity index (χ3v) is 4.80. The van der Waals surface area contributed by atoms with Crippen molar-refractivity contribution in [1.29, 1.82) is 0 Å². The maximum atomic E-state index is 12.2. The summed E-state index contributed by atoms with van der Waals surface area (Å²) in [4.78, 5) is 12.2. The number of hydrogen-bond acceptors (Lipinski definition) is 6. The second-order valence-electron chi connectivity index (χ2n) is 5.48. The van der Waals surface area contributed by atoms with Crippen molar-refractivity contribution in [3.8, 4) is 11.5 Å². The number of ether oxygens (including phenoxy) is 2. The molecular weight excluding hydrogens is 350 g/mol. The Bertz CT molecular complexity index is 881. The number of aromatic nitrogens is 3. The lowest BCUT2D eigenvalue weighted by Gasteiger charge is -2.10. The van der Waals surface area contributed by atoms with Gasteiger partial charge in [-0.15, -0.1) is 10.2 Å². The van der Waals surface area contributed by atoms with Crippen molar-refractivity contribution in [3.05, 3.63) is 66.0 Å². The Morgan fingerprint density at radius 2 is 1.73 bits per heavy atom. The molecule has 0 saturated carbocycles. The fourth-order valence-corrected chi connectivity index (χ4v) is 3.14. The molecule has 134 valence electrons. The molecule has 0 aliphatic carbocycles. The Hall–Kier alpha value is -2.80. The molecule has 3 aromatic rings. The lowest BCUT2D eigenvalue weighted by Crippen LogP contribution is -2.06. The van der Waals surface area contributed by atoms with E-state index in [1.807, 2.05) is 66.2 Å². The van der Waals surface area contributed by atoms with Crippen molar-refractivity contribution in [2.24, 2.45) is 7.05 Å². The van der Waals surface area contributed by atoms with Crippen LogP contribution in [0.5, 0.6) is 11.5 Å². The van der Waals surface area contributed by atoms with Gasteiger partial charge in [-0.05, 0) is 12.1 Å². The first-order chi connectivity index (χ1) is 12.7. The van der Waals surface area contributed by atoms with E-state index >= 15 is 0 Å². The Labute approximate surface area is 156 Å². The zero-order valence-electron chi connectivity index (χ0n) is 14.6. The normalized spacial score (nSPS) is 10.5. The zero-order valence-corrected chi connectivity index (χ0v) is 15.4. The molecule has 0 spiro atoms. The van der Waals surface area contributed by atoms with Crippen molar-refractivity contribution in [3.63, 3.8) is 0 Å². The highest BCUT2D eigenvalue weighted by atomic mass is 32.2. The molecule has 0 aliphatic rings. The van der Waals surface area contributed by atoms with Gasteiger partial charge in [0.25, 0.3) is 0 Å². The first kappa shape index (κ1) is 18.0. The number of thioether (sulfide) groups is 1. The van der Waals surface area contributed by atoms with E-state index in [0.29, 0.717) is 33.8 Å². The van der Waals surface area contributed by atoms with Crippen LogP contribution < -0.4 is 9.47 Å². The maximum Gasteiger partial charge on any atom is 0.191 e. The SMILES string of the molecule is COc1ccccc1OCc1nnc(SCC(=O)c2ccccc2)n1C. The number of para-hydroxylation sites is 2. The number of hydrogen-bond donors (Lipinski definition) is 0. The first-order valence-corrected chi connectivity index (χ1v) is 9.02. The average Bonchev–Trinajstić information content (AvgIpc) is 3.05. The molecule has 7 heteroatoms. The predicted molar refractivity (Wildman–Crippen MR) is 99.8 cm³/mol. The van der Waals surface area contributed by atoms with Crippen LogP contribution in [0.3, 0.4) is 0 Å². The number of Topliss-reactive ketones (excluding diaryl/α,β-unsaturated/α-hetero) is 1. The second-order valence-corrected chi connectivity index (χ2v) is 6.42. The number of methoxy groups -OCH3 is 1. The van der Waals surface area contributed by atoms with Crippen molar-refractivity contribution in [2.75, 3.05) is 12.9 Å². The maximum absolute atomic E-state index is 12.2. The van der Waals surface area contributed by atoms with Gasteiger partial charge >= 0.3 is 0 Å². The number of carbonyl (C=O) groups excluding carboxylic acids is 1. The Morgan fingerprint density at radius 3 is 2.46 bits per heavy atom. The first-order valence-electron chi connectivity index (χ1n) is 8.04. The van der Waals surface area contributed by atoms with Crippen LogP contribution in [-0.4, -0.2) is 33.4 Å². The second kappa shape index (κ2) is 8.53. The highest BCUT2D eigenvalue weighted by molar-refractivity contribution is 7.99. The third-order valence-electron chi connectivity index (χ3n) is 3.78. The van der Waals surface area contributed by atoms with E-state index in [4.69, 9.17) is 9.47 Å². The molecule has 0 N–H and O–H groups in total. The van der Waals surface area contributed by atoms with E-state index in [9.17, 15) is 4.79 Å². The number of benzene rings is 2. The predicted octanol–water partition coefficient (Wildman–Crippen LogP) is 3.38. The van der Waals surface area contributed by atoms with E-state index in [-0.39, 0.29) is 12.4 Å². The average molecular weight is 369 g/mol. The van der Waals surface area contributed by atoms with Crippen LogP contribution in [0.15, 0.2) is 59.8 Å². The van der Waals surface area contributed by atoms with Crippen LogP contribution in [0.2, 0.25) is 0 Å². The summed E-state index contributed by atoms with van der Waals surface area (Å²) in [5.41, 5.74) is 0.696. The minimum atomic E-state index is 0.0606. The summed E-state index contributed by atoms with van der Waals surface area (Å²) in [6.45, 7) is 0.261. The highest BCUT2D eigenvalue weighted by Gasteiger charge is 2.13. The molecule has 0 unspecified atom stereocenters. The largest absolute Gasteiger partial charge is 0.493 e. The highest BCUT2D eigenvalue weighted by Crippen LogP contribution is 2.26. The van der Waals surface area contributed by atoms with Gasteiger partial charge in [-0.3, -0.25) is 4.79 Å². The van der Waals surface area contributed by atoms with E-state index in [1.54, 1.807) is 7.11 Å². The molecule has 0 aliphatic heterocycles. The molecule has 2 aromatic carbocycles. The number of ketones is 1. The molecule has 0 atom stereocenters. The van der Waals surface area contributed by atoms with Crippen LogP contribution >= 0.6 is 11.8 Å². The molecule has 0 bridgehead atoms. The number of rotatable bonds is 8. The molecule has 1 aromatic heterocycles. The lowest BCUT2D eigenvalue weighted by molar-refractivity contribution is 0.102. The van der Waals surface area contributed by atoms with E-state index < -0.39 is 0 Å². The lowest BCUT2D eigenvalue weighted by atomic mass is 10.2. The van der Waals surface area contributed by atoms with Crippen LogP contribution in [0.25, 0.3) is 0 Å². The van der Waals surface area contributed by atoms with Crippen LogP contribution in [0.4, 0.5) is 0 Å². The summed E-state index contributed by atoms with van der Waals surface area (Å²) in [6, 6.07) is 16.7. The van der Waals surface area contributed by atoms with Crippen molar-refractivity contribution < 1.29 is 14.3 Å². The molecule has 3 rings (SSSR count). The van der Waals surface area contributed by atoms with Crippen molar-refractivity contribution >= 4 is 17.5 Å². The van der Waals surface area contributed by atoms with Gasteiger partial charge in [0.15, 0.2) is 28.3 Å². The Morgan fingerprint density at radius 1 is 1.04 bits per heavy atom. The van der Waals surface area contributed by atoms with Crippen molar-refractivity contribution in [1.82, 2.24) is 14.8 Å². The third kappa shape index (κ3) is 4.23. The fraction of sp³-hybridized carbons (Fsp3) is 0.211. The summed E-state index contributed by atoms with van der Waals surface area (Å²) in [7, 11) is 3.46. The summed E-state index contributed by atoms with van der Waals surface area (Å²) in [5, 5.41) is 8.97. The minimum absolute atomic E-state index is 0.0606. The van der Waals surface area contributed by atoms with Crippen LogP contribution in [-0.2, 0) is 13.7 Å². The Balaban J connectivity index is 1.60. The summed E-state index contributed by atoms with van der Waals surface area (Å²) < 4.78 is 12.9. The van der Waals surface area contributed by atoms with Gasteiger partial charge in [0.05, 0.1) is 12.9 Å². The molecule has 0 radical (unpaired) electrons. The minimum Gasteiger partial charge on any atom is -0.493 e. The van der Waals surface area contributed by atoms with Gasteiger partial charge < -0.3 is 14.0 Å². The van der Waals surface area contributed by atoms with E-state index in [2.05, 4.69) is 10.2 Å². The number of carbonyl (C=O) groups is 1. The smallest absolute Gasteiger partial charge is 0.191 e. The molecule has 0 saturated heterocycles. The monoisotopic (exact) mass is 369 g/mol. The molecule has 26 heavy (non-hydrogen) atoms. The van der Waals surface area contributed by atoms with E-state index in [1.165, 1.54) is 11.8 Å². The summed E-state index contributed by atoms with van der Waals surface area (Å²) in [5.74, 6) is 2.35. The van der Waals surface area contributed by atoms with Gasteiger partial charge in [0, 0.05) is 12.6 Å². The quantitative estimate of drug-likeness (QED) is 0.448. The van der Waals surface area contributed by atoms with Gasteiger partial charge in [-0.2, -0.15) is 0 Å². The molecule has 1 heterocycles. The van der Waals surface area contributed by atoms with Gasteiger partial charge in [0.1, 0.15) is 6.61 Å². The molecule has 0 amide bonds. The topological polar surface area (TPSA) is 66.2 Å². The van der Waals surface area contributed by atoms with Crippen LogP contribution in [0.1, 0.15) is 16.2 Å².